The summed E-state index contributed by atoms with van der Waals surface area (Å²) in [5.41, 5.74) is 0.432. The molecule has 0 saturated carbocycles. The molecule has 0 N–H and O–H groups in total. The van der Waals surface area contributed by atoms with Gasteiger partial charge in [0.1, 0.15) is 5.69 Å². The van der Waals surface area contributed by atoms with Crippen LogP contribution in [0.3, 0.4) is 0 Å². The molecule has 5 heteroatoms. The van der Waals surface area contributed by atoms with Crippen LogP contribution in [0, 0.1) is 6.92 Å². The van der Waals surface area contributed by atoms with Crippen molar-refractivity contribution in [2.24, 2.45) is 0 Å². The predicted molar refractivity (Wildman–Crippen MR) is 48.2 cm³/mol. The Morgan fingerprint density at radius 3 is 2.62 bits per heavy atom. The summed E-state index contributed by atoms with van der Waals surface area (Å²) in [6.45, 7) is 1.74. The van der Waals surface area contributed by atoms with Gasteiger partial charge in [-0.25, -0.2) is 13.8 Å². The molecule has 0 unspecified atom stereocenters. The lowest BCUT2D eigenvalue weighted by atomic mass is 10.2. The van der Waals surface area contributed by atoms with Gasteiger partial charge in [0.25, 0.3) is 6.43 Å². The molecule has 2 nitrogen and oxygen atoms in total. The van der Waals surface area contributed by atoms with E-state index >= 15 is 0 Å². The van der Waals surface area contributed by atoms with E-state index in [4.69, 9.17) is 4.74 Å². The number of alkyl halides is 2. The van der Waals surface area contributed by atoms with Gasteiger partial charge < -0.3 is 4.74 Å². The van der Waals surface area contributed by atoms with Gasteiger partial charge in [0, 0.05) is 10.0 Å². The molecule has 1 aromatic rings. The van der Waals surface area contributed by atoms with E-state index in [-0.39, 0.29) is 11.6 Å². The first-order valence-corrected chi connectivity index (χ1v) is 4.34. The molecule has 0 aliphatic rings. The molecular formula is C8H8BrF2NO. The Balaban J connectivity index is 3.22. The monoisotopic (exact) mass is 251 g/mol. The lowest BCUT2D eigenvalue weighted by molar-refractivity contribution is 0.144. The van der Waals surface area contributed by atoms with E-state index in [0.717, 1.165) is 5.56 Å². The number of hydrogen-bond acceptors (Lipinski definition) is 2. The van der Waals surface area contributed by atoms with Crippen LogP contribution in [0.2, 0.25) is 0 Å². The van der Waals surface area contributed by atoms with E-state index in [0.29, 0.717) is 4.47 Å². The van der Waals surface area contributed by atoms with Gasteiger partial charge >= 0.3 is 0 Å². The van der Waals surface area contributed by atoms with Crippen molar-refractivity contribution in [1.82, 2.24) is 4.98 Å². The molecule has 0 atom stereocenters. The minimum atomic E-state index is -2.59. The molecule has 0 amide bonds. The molecule has 0 fully saturated rings. The molecule has 0 aliphatic carbocycles. The summed E-state index contributed by atoms with van der Waals surface area (Å²) < 4.78 is 29.8. The third-order valence-corrected chi connectivity index (χ3v) is 2.18. The molecule has 0 radical (unpaired) electrons. The average molecular weight is 252 g/mol. The second-order valence-corrected chi connectivity index (χ2v) is 3.34. The highest BCUT2D eigenvalue weighted by Crippen LogP contribution is 2.29. The number of pyridine rings is 1. The van der Waals surface area contributed by atoms with Crippen molar-refractivity contribution in [2.75, 3.05) is 7.11 Å². The highest BCUT2D eigenvalue weighted by atomic mass is 79.9. The number of methoxy groups -OCH3 is 1. The molecule has 1 heterocycles. The number of aromatic nitrogens is 1. The minimum absolute atomic E-state index is 0.235. The maximum Gasteiger partial charge on any atom is 0.281 e. The Bertz CT molecular complexity index is 317. The number of halogens is 3. The highest BCUT2D eigenvalue weighted by Gasteiger charge is 2.16. The summed E-state index contributed by atoms with van der Waals surface area (Å²) >= 11 is 3.01. The molecule has 0 aliphatic heterocycles. The molecule has 13 heavy (non-hydrogen) atoms. The molecule has 72 valence electrons. The molecule has 0 saturated heterocycles. The van der Waals surface area contributed by atoms with E-state index in [1.165, 1.54) is 7.11 Å². The van der Waals surface area contributed by atoms with Crippen molar-refractivity contribution in [3.8, 4) is 5.88 Å². The van der Waals surface area contributed by atoms with Crippen molar-refractivity contribution >= 4 is 15.9 Å². The maximum absolute atomic E-state index is 12.3. The van der Waals surface area contributed by atoms with Gasteiger partial charge in [-0.1, -0.05) is 0 Å². The van der Waals surface area contributed by atoms with Crippen LogP contribution in [-0.4, -0.2) is 12.1 Å². The van der Waals surface area contributed by atoms with Crippen LogP contribution in [-0.2, 0) is 0 Å². The zero-order chi connectivity index (χ0) is 10.0. The number of hydrogen-bond donors (Lipinski definition) is 0. The number of aryl methyl sites for hydroxylation is 1. The smallest absolute Gasteiger partial charge is 0.281 e. The van der Waals surface area contributed by atoms with Crippen molar-refractivity contribution in [3.05, 3.63) is 21.8 Å². The Labute approximate surface area is 83.1 Å². The predicted octanol–water partition coefficient (Wildman–Crippen LogP) is 3.10. The largest absolute Gasteiger partial charge is 0.481 e. The zero-order valence-electron chi connectivity index (χ0n) is 7.14. The highest BCUT2D eigenvalue weighted by molar-refractivity contribution is 9.10. The first-order valence-electron chi connectivity index (χ1n) is 3.55. The molecule has 1 aromatic heterocycles. The quantitative estimate of drug-likeness (QED) is 0.806. The first-order chi connectivity index (χ1) is 6.06. The Hall–Kier alpha value is -0.710. The lowest BCUT2D eigenvalue weighted by Crippen LogP contribution is -1.98. The lowest BCUT2D eigenvalue weighted by Gasteiger charge is -2.07. The molecule has 1 rings (SSSR count). The van der Waals surface area contributed by atoms with Crippen molar-refractivity contribution in [2.45, 2.75) is 13.3 Å². The summed E-state index contributed by atoms with van der Waals surface area (Å²) in [7, 11) is 1.40. The van der Waals surface area contributed by atoms with Crippen LogP contribution >= 0.6 is 15.9 Å². The van der Waals surface area contributed by atoms with E-state index in [1.54, 1.807) is 13.0 Å². The second-order valence-electron chi connectivity index (χ2n) is 2.48. The zero-order valence-corrected chi connectivity index (χ0v) is 8.73. The summed E-state index contributed by atoms with van der Waals surface area (Å²) in [5.74, 6) is 0.235. The SMILES string of the molecule is COc1nc(C(F)F)c(Br)cc1C. The summed E-state index contributed by atoms with van der Waals surface area (Å²) in [5, 5.41) is 0. The fraction of sp³-hybridized carbons (Fsp3) is 0.375. The fourth-order valence-electron chi connectivity index (χ4n) is 0.936. The van der Waals surface area contributed by atoms with Crippen LogP contribution in [0.4, 0.5) is 8.78 Å². The standard InChI is InChI=1S/C8H8BrF2NO/c1-4-3-5(9)6(7(10)11)12-8(4)13-2/h3,7H,1-2H3. The topological polar surface area (TPSA) is 22.1 Å². The van der Waals surface area contributed by atoms with Crippen LogP contribution in [0.15, 0.2) is 10.5 Å². The number of rotatable bonds is 2. The van der Waals surface area contributed by atoms with Crippen molar-refractivity contribution in [1.29, 1.82) is 0 Å². The first kappa shape index (κ1) is 10.4. The number of nitrogens with zero attached hydrogens (tertiary/aromatic N) is 1. The van der Waals surface area contributed by atoms with Crippen LogP contribution in [0.5, 0.6) is 5.88 Å². The van der Waals surface area contributed by atoms with Crippen molar-refractivity contribution < 1.29 is 13.5 Å². The Kier molecular flexibility index (Phi) is 3.19. The second kappa shape index (κ2) is 4.00. The van der Waals surface area contributed by atoms with Gasteiger partial charge in [-0.2, -0.15) is 0 Å². The molecule has 0 spiro atoms. The van der Waals surface area contributed by atoms with Gasteiger partial charge in [-0.15, -0.1) is 0 Å². The van der Waals surface area contributed by atoms with E-state index in [9.17, 15) is 8.78 Å². The van der Waals surface area contributed by atoms with Gasteiger partial charge in [-0.3, -0.25) is 0 Å². The summed E-state index contributed by atoms with van der Waals surface area (Å²) in [6.07, 6.45) is -2.59. The van der Waals surface area contributed by atoms with Gasteiger partial charge in [-0.05, 0) is 28.9 Å². The van der Waals surface area contributed by atoms with E-state index in [1.807, 2.05) is 0 Å². The third kappa shape index (κ3) is 2.15. The van der Waals surface area contributed by atoms with Gasteiger partial charge in [0.05, 0.1) is 7.11 Å². The molecular weight excluding hydrogens is 244 g/mol. The summed E-state index contributed by atoms with van der Waals surface area (Å²) in [6, 6.07) is 1.56. The van der Waals surface area contributed by atoms with Gasteiger partial charge in [0.15, 0.2) is 0 Å². The number of ether oxygens (including phenoxy) is 1. The van der Waals surface area contributed by atoms with Crippen LogP contribution in [0.1, 0.15) is 17.7 Å². The van der Waals surface area contributed by atoms with E-state index < -0.39 is 6.43 Å². The minimum Gasteiger partial charge on any atom is -0.481 e. The fourth-order valence-corrected chi connectivity index (χ4v) is 1.54. The molecule has 0 aromatic carbocycles. The van der Waals surface area contributed by atoms with Gasteiger partial charge in [0.2, 0.25) is 5.88 Å². The van der Waals surface area contributed by atoms with E-state index in [2.05, 4.69) is 20.9 Å². The average Bonchev–Trinajstić information content (AvgIpc) is 2.03. The summed E-state index contributed by atoms with van der Waals surface area (Å²) in [4.78, 5) is 3.67. The molecule has 0 bridgehead atoms. The maximum atomic E-state index is 12.3. The Morgan fingerprint density at radius 2 is 2.15 bits per heavy atom. The van der Waals surface area contributed by atoms with Crippen LogP contribution < -0.4 is 4.74 Å². The third-order valence-electron chi connectivity index (χ3n) is 1.55. The van der Waals surface area contributed by atoms with Crippen molar-refractivity contribution in [3.63, 3.8) is 0 Å². The van der Waals surface area contributed by atoms with Crippen LogP contribution in [0.25, 0.3) is 0 Å². The Morgan fingerprint density at radius 1 is 1.54 bits per heavy atom. The normalized spacial score (nSPS) is 10.6.